The van der Waals surface area contributed by atoms with E-state index in [1.807, 2.05) is 0 Å². The average Bonchev–Trinajstić information content (AvgIpc) is 3.37. The van der Waals surface area contributed by atoms with E-state index < -0.39 is 5.97 Å². The predicted octanol–water partition coefficient (Wildman–Crippen LogP) is 1.15. The number of aromatic carboxylic acids is 1. The zero-order chi connectivity index (χ0) is 20.1. The number of carboxylic acids is 1. The van der Waals surface area contributed by atoms with Crippen molar-refractivity contribution in [3.63, 3.8) is 0 Å². The molecule has 11 nitrogen and oxygen atoms in total. The van der Waals surface area contributed by atoms with Crippen LogP contribution in [0.1, 0.15) is 40.2 Å². The molecule has 0 radical (unpaired) electrons. The monoisotopic (exact) mass is 387 g/mol. The van der Waals surface area contributed by atoms with E-state index in [4.69, 9.17) is 15.3 Å². The summed E-state index contributed by atoms with van der Waals surface area (Å²) in [6, 6.07) is 0. The van der Waals surface area contributed by atoms with Gasteiger partial charge in [-0.2, -0.15) is 10.2 Å². The predicted molar refractivity (Wildman–Crippen MR) is 98.5 cm³/mol. The summed E-state index contributed by atoms with van der Waals surface area (Å²) in [5, 5.41) is 19.9. The number of anilines is 1. The lowest BCUT2D eigenvalue weighted by Gasteiger charge is -2.04. The Hall–Kier alpha value is -3.63. The Morgan fingerprint density at radius 1 is 1.29 bits per heavy atom. The van der Waals surface area contributed by atoms with E-state index in [2.05, 4.69) is 20.5 Å². The number of carbonyl (C=O) groups is 2. The van der Waals surface area contributed by atoms with Crippen molar-refractivity contribution in [2.75, 3.05) is 12.3 Å². The molecule has 0 fully saturated rings. The molecule has 3 rings (SSSR count). The molecule has 3 aromatic heterocycles. The van der Waals surface area contributed by atoms with Crippen LogP contribution in [-0.4, -0.2) is 48.1 Å². The average molecular weight is 387 g/mol. The van der Waals surface area contributed by atoms with Crippen LogP contribution in [0.5, 0.6) is 0 Å². The lowest BCUT2D eigenvalue weighted by atomic mass is 10.2. The van der Waals surface area contributed by atoms with Gasteiger partial charge in [0, 0.05) is 32.5 Å². The highest BCUT2D eigenvalue weighted by Gasteiger charge is 2.14. The van der Waals surface area contributed by atoms with E-state index >= 15 is 0 Å². The maximum absolute atomic E-state index is 12.0. The third-order valence-electron chi connectivity index (χ3n) is 4.03. The van der Waals surface area contributed by atoms with Crippen molar-refractivity contribution < 1.29 is 19.1 Å². The molecule has 0 atom stereocenters. The van der Waals surface area contributed by atoms with Gasteiger partial charge >= 0.3 is 5.97 Å². The summed E-state index contributed by atoms with van der Waals surface area (Å²) >= 11 is 0. The number of amides is 1. The Balaban J connectivity index is 1.37. The van der Waals surface area contributed by atoms with Gasteiger partial charge in [-0.1, -0.05) is 0 Å². The van der Waals surface area contributed by atoms with Crippen molar-refractivity contribution in [3.05, 3.63) is 36.2 Å². The highest BCUT2D eigenvalue weighted by molar-refractivity contribution is 5.96. The molecule has 0 aliphatic carbocycles. The number of hydrogen-bond donors (Lipinski definition) is 3. The molecule has 0 aliphatic rings. The lowest BCUT2D eigenvalue weighted by molar-refractivity contribution is 0.0690. The number of aromatic nitrogens is 5. The van der Waals surface area contributed by atoms with Gasteiger partial charge < -0.3 is 20.6 Å². The highest BCUT2D eigenvalue weighted by atomic mass is 16.4. The second-order valence-electron chi connectivity index (χ2n) is 6.26. The Morgan fingerprint density at radius 2 is 2.11 bits per heavy atom. The molecule has 0 unspecified atom stereocenters. The summed E-state index contributed by atoms with van der Waals surface area (Å²) in [5.41, 5.74) is 6.80. The topological polar surface area (TPSA) is 154 Å². The van der Waals surface area contributed by atoms with Crippen molar-refractivity contribution in [1.82, 2.24) is 29.9 Å². The molecule has 148 valence electrons. The summed E-state index contributed by atoms with van der Waals surface area (Å²) in [6.07, 6.45) is 8.60. The normalized spacial score (nSPS) is 10.9. The van der Waals surface area contributed by atoms with Crippen LogP contribution in [0.25, 0.3) is 11.5 Å². The van der Waals surface area contributed by atoms with Crippen LogP contribution in [0.4, 0.5) is 5.69 Å². The van der Waals surface area contributed by atoms with Crippen LogP contribution >= 0.6 is 0 Å². The Bertz CT molecular complexity index is 972. The largest absolute Gasteiger partial charge is 0.476 e. The van der Waals surface area contributed by atoms with Crippen molar-refractivity contribution in [3.8, 4) is 11.5 Å². The number of nitrogens with one attached hydrogen (secondary N) is 1. The van der Waals surface area contributed by atoms with E-state index in [-0.39, 0.29) is 23.2 Å². The number of carboxylic acid groups (broad SMARTS) is 1. The van der Waals surface area contributed by atoms with E-state index in [1.165, 1.54) is 4.68 Å². The van der Waals surface area contributed by atoms with Crippen molar-refractivity contribution in [1.29, 1.82) is 0 Å². The van der Waals surface area contributed by atoms with Gasteiger partial charge in [0.25, 0.3) is 5.91 Å². The Labute approximate surface area is 160 Å². The number of rotatable bonds is 9. The molecular weight excluding hydrogens is 366 g/mol. The second kappa shape index (κ2) is 8.37. The molecule has 0 saturated carbocycles. The Kier molecular flexibility index (Phi) is 5.72. The molecular formula is C17H21N7O4. The fourth-order valence-electron chi connectivity index (χ4n) is 2.65. The number of oxazole rings is 1. The van der Waals surface area contributed by atoms with Gasteiger partial charge in [-0.05, 0) is 19.3 Å². The fourth-order valence-corrected chi connectivity index (χ4v) is 2.65. The van der Waals surface area contributed by atoms with Crippen LogP contribution in [-0.2, 0) is 13.6 Å². The van der Waals surface area contributed by atoms with E-state index in [0.29, 0.717) is 24.3 Å². The number of aryl methyl sites for hydroxylation is 2. The molecule has 28 heavy (non-hydrogen) atoms. The van der Waals surface area contributed by atoms with Gasteiger partial charge in [-0.3, -0.25) is 14.2 Å². The first-order valence-corrected chi connectivity index (χ1v) is 8.73. The molecule has 0 saturated heterocycles. The first-order valence-electron chi connectivity index (χ1n) is 8.73. The van der Waals surface area contributed by atoms with Gasteiger partial charge in [0.15, 0.2) is 11.4 Å². The number of carbonyl (C=O) groups excluding carboxylic acids is 1. The zero-order valence-corrected chi connectivity index (χ0v) is 15.3. The maximum atomic E-state index is 12.0. The minimum Gasteiger partial charge on any atom is -0.476 e. The highest BCUT2D eigenvalue weighted by Crippen LogP contribution is 2.18. The zero-order valence-electron chi connectivity index (χ0n) is 15.3. The molecule has 0 bridgehead atoms. The molecule has 11 heteroatoms. The molecule has 3 aromatic rings. The van der Waals surface area contributed by atoms with Gasteiger partial charge in [0.05, 0.1) is 17.4 Å². The number of nitrogen functional groups attached to an aromatic ring is 1. The number of hydrogen-bond acceptors (Lipinski definition) is 7. The SMILES string of the molecule is Cn1cc(N)c(C(=O)NCCCCCn2cc(-c3nc(C(=O)O)co3)cn2)n1. The van der Waals surface area contributed by atoms with Gasteiger partial charge in [0.1, 0.15) is 6.26 Å². The first kappa shape index (κ1) is 19.1. The summed E-state index contributed by atoms with van der Waals surface area (Å²) in [6.45, 7) is 1.22. The summed E-state index contributed by atoms with van der Waals surface area (Å²) in [4.78, 5) is 26.7. The van der Waals surface area contributed by atoms with Gasteiger partial charge in [0.2, 0.25) is 5.89 Å². The van der Waals surface area contributed by atoms with Gasteiger partial charge in [-0.25, -0.2) is 9.78 Å². The second-order valence-corrected chi connectivity index (χ2v) is 6.26. The number of unbranched alkanes of at least 4 members (excludes halogenated alkanes) is 2. The van der Waals surface area contributed by atoms with Crippen LogP contribution in [0.3, 0.4) is 0 Å². The molecule has 4 N–H and O–H groups in total. The molecule has 0 aliphatic heterocycles. The first-order chi connectivity index (χ1) is 13.4. The number of nitrogens with zero attached hydrogens (tertiary/aromatic N) is 5. The van der Waals surface area contributed by atoms with Crippen LogP contribution in [0.15, 0.2) is 29.3 Å². The van der Waals surface area contributed by atoms with Gasteiger partial charge in [-0.15, -0.1) is 0 Å². The smallest absolute Gasteiger partial charge is 0.357 e. The maximum Gasteiger partial charge on any atom is 0.357 e. The standard InChI is InChI=1S/C17H21N7O4/c1-23-9-12(18)14(22-23)15(25)19-5-3-2-4-6-24-8-11(7-20-24)16-21-13(10-28-16)17(26)27/h7-10H,2-6,18H2,1H3,(H,19,25)(H,26,27). The van der Waals surface area contributed by atoms with Crippen LogP contribution < -0.4 is 11.1 Å². The molecule has 1 amide bonds. The third kappa shape index (κ3) is 4.55. The number of nitrogens with two attached hydrogens (primary N) is 1. The van der Waals surface area contributed by atoms with Crippen molar-refractivity contribution >= 4 is 17.6 Å². The quantitative estimate of drug-likeness (QED) is 0.462. The lowest BCUT2D eigenvalue weighted by Crippen LogP contribution is -2.25. The third-order valence-corrected chi connectivity index (χ3v) is 4.03. The van der Waals surface area contributed by atoms with E-state index in [9.17, 15) is 9.59 Å². The van der Waals surface area contributed by atoms with Crippen molar-refractivity contribution in [2.45, 2.75) is 25.8 Å². The minimum absolute atomic E-state index is 0.141. The summed E-state index contributed by atoms with van der Waals surface area (Å²) < 4.78 is 8.40. The summed E-state index contributed by atoms with van der Waals surface area (Å²) in [5.74, 6) is -1.19. The van der Waals surface area contributed by atoms with Crippen LogP contribution in [0, 0.1) is 0 Å². The van der Waals surface area contributed by atoms with E-state index in [0.717, 1.165) is 25.5 Å². The minimum atomic E-state index is -1.14. The van der Waals surface area contributed by atoms with Crippen LogP contribution in [0.2, 0.25) is 0 Å². The van der Waals surface area contributed by atoms with Crippen molar-refractivity contribution in [2.24, 2.45) is 7.05 Å². The molecule has 3 heterocycles. The Morgan fingerprint density at radius 3 is 2.79 bits per heavy atom. The molecule has 0 aromatic carbocycles. The summed E-state index contributed by atoms with van der Waals surface area (Å²) in [7, 11) is 1.71. The van der Waals surface area contributed by atoms with E-state index in [1.54, 1.807) is 30.3 Å². The fraction of sp³-hybridized carbons (Fsp3) is 0.353. The molecule has 0 spiro atoms.